The molecule has 0 radical (unpaired) electrons. The van der Waals surface area contributed by atoms with Crippen molar-refractivity contribution in [3.63, 3.8) is 0 Å². The molecule has 0 aliphatic carbocycles. The highest BCUT2D eigenvalue weighted by Gasteiger charge is 2.23. The third-order valence-electron chi connectivity index (χ3n) is 4.83. The van der Waals surface area contributed by atoms with Crippen LogP contribution in [-0.4, -0.2) is 72.8 Å². The van der Waals surface area contributed by atoms with Gasteiger partial charge in [0.05, 0.1) is 36.2 Å². The Balaban J connectivity index is 4.10. The highest BCUT2D eigenvalue weighted by Crippen LogP contribution is 2.19. The number of ether oxygens (including phenoxy) is 2. The maximum atomic E-state index is 12.3. The second kappa shape index (κ2) is 15.2. The summed E-state index contributed by atoms with van der Waals surface area (Å²) in [6.45, 7) is 18.1. The Morgan fingerprint density at radius 2 is 1.55 bits per heavy atom. The van der Waals surface area contributed by atoms with Crippen molar-refractivity contribution in [3.05, 3.63) is 0 Å². The molecule has 1 unspecified atom stereocenters. The van der Waals surface area contributed by atoms with Gasteiger partial charge in [0.15, 0.2) is 5.78 Å². The van der Waals surface area contributed by atoms with Crippen LogP contribution in [0.3, 0.4) is 0 Å². The number of carbonyl (C=O) groups excluding carboxylic acids is 2. The van der Waals surface area contributed by atoms with Crippen LogP contribution in [0.25, 0.3) is 0 Å². The van der Waals surface area contributed by atoms with Gasteiger partial charge >= 0.3 is 0 Å². The summed E-state index contributed by atoms with van der Waals surface area (Å²) in [6.07, 6.45) is 1.58. The van der Waals surface area contributed by atoms with E-state index in [4.69, 9.17) is 15.2 Å². The molecule has 184 valence electrons. The molecule has 31 heavy (non-hydrogen) atoms. The predicted octanol–water partition coefficient (Wildman–Crippen LogP) is 2.76. The quantitative estimate of drug-likeness (QED) is 0.270. The van der Waals surface area contributed by atoms with E-state index >= 15 is 0 Å². The summed E-state index contributed by atoms with van der Waals surface area (Å²) in [5, 5.41) is 6.18. The van der Waals surface area contributed by atoms with Gasteiger partial charge in [-0.05, 0) is 47.1 Å². The van der Waals surface area contributed by atoms with Gasteiger partial charge in [0.25, 0.3) is 0 Å². The molecule has 0 bridgehead atoms. The van der Waals surface area contributed by atoms with E-state index in [1.165, 1.54) is 11.8 Å². The Morgan fingerprint density at radius 3 is 2.10 bits per heavy atom. The lowest BCUT2D eigenvalue weighted by Crippen LogP contribution is -2.44. The van der Waals surface area contributed by atoms with Gasteiger partial charge in [-0.15, -0.1) is 11.8 Å². The largest absolute Gasteiger partial charge is 0.375 e. The van der Waals surface area contributed by atoms with Crippen molar-refractivity contribution >= 4 is 23.5 Å². The fourth-order valence-electron chi connectivity index (χ4n) is 2.92. The minimum Gasteiger partial charge on any atom is -0.375 e. The average Bonchev–Trinajstić information content (AvgIpc) is 2.63. The summed E-state index contributed by atoms with van der Waals surface area (Å²) in [5.74, 6) is 1.04. The van der Waals surface area contributed by atoms with Gasteiger partial charge in [-0.25, -0.2) is 0 Å². The van der Waals surface area contributed by atoms with Crippen molar-refractivity contribution < 1.29 is 19.1 Å². The molecule has 0 aliphatic heterocycles. The standard InChI is InChI=1S/C23H47N3O4S/c1-17(2)21(28)19(26-18(3)4)15-31-16-20(27)25-12-14-30-23(7,8)10-13-29-22(5,6)9-11-24/h17-19,26H,9-16,24H2,1-8H3,(H,25,27). The van der Waals surface area contributed by atoms with Gasteiger partial charge in [0, 0.05) is 24.3 Å². The maximum Gasteiger partial charge on any atom is 0.230 e. The van der Waals surface area contributed by atoms with E-state index < -0.39 is 0 Å². The number of Topliss-reactive ketones (excluding diaryl/α,β-unsaturated/α-hetero) is 1. The topological polar surface area (TPSA) is 103 Å². The minimum atomic E-state index is -0.328. The monoisotopic (exact) mass is 461 g/mol. The first-order valence-corrected chi connectivity index (χ1v) is 12.6. The zero-order valence-corrected chi connectivity index (χ0v) is 21.8. The molecule has 0 aromatic carbocycles. The lowest BCUT2D eigenvalue weighted by molar-refractivity contribution is -0.123. The highest BCUT2D eigenvalue weighted by atomic mass is 32.2. The second-order valence-corrected chi connectivity index (χ2v) is 10.8. The number of thioether (sulfide) groups is 1. The summed E-state index contributed by atoms with van der Waals surface area (Å²) >= 11 is 1.48. The molecule has 0 fully saturated rings. The van der Waals surface area contributed by atoms with Crippen LogP contribution in [0.2, 0.25) is 0 Å². The molecule has 0 aromatic heterocycles. The summed E-state index contributed by atoms with van der Waals surface area (Å²) in [4.78, 5) is 24.4. The van der Waals surface area contributed by atoms with E-state index in [9.17, 15) is 9.59 Å². The SMILES string of the molecule is CC(C)NC(CSCC(=O)NCCOC(C)(C)CCOC(C)(C)CCN)C(=O)C(C)C. The summed E-state index contributed by atoms with van der Waals surface area (Å²) in [6, 6.07) is -0.00116. The van der Waals surface area contributed by atoms with E-state index in [0.29, 0.717) is 37.8 Å². The third-order valence-corrected chi connectivity index (χ3v) is 5.86. The number of nitrogens with two attached hydrogens (primary N) is 1. The minimum absolute atomic E-state index is 0.0247. The van der Waals surface area contributed by atoms with E-state index in [-0.39, 0.29) is 40.9 Å². The first-order valence-electron chi connectivity index (χ1n) is 11.4. The van der Waals surface area contributed by atoms with Crippen LogP contribution in [0.4, 0.5) is 0 Å². The molecule has 0 aliphatic rings. The van der Waals surface area contributed by atoms with Gasteiger partial charge in [0.2, 0.25) is 5.91 Å². The Hall–Kier alpha value is -0.670. The van der Waals surface area contributed by atoms with Gasteiger partial charge in [0.1, 0.15) is 0 Å². The number of nitrogens with one attached hydrogen (secondary N) is 2. The van der Waals surface area contributed by atoms with Crippen LogP contribution < -0.4 is 16.4 Å². The van der Waals surface area contributed by atoms with Crippen molar-refractivity contribution in [3.8, 4) is 0 Å². The van der Waals surface area contributed by atoms with Gasteiger partial charge in [-0.3, -0.25) is 9.59 Å². The maximum absolute atomic E-state index is 12.3. The van der Waals surface area contributed by atoms with E-state index in [0.717, 1.165) is 12.8 Å². The molecule has 4 N–H and O–H groups in total. The van der Waals surface area contributed by atoms with Crippen LogP contribution in [0.1, 0.15) is 68.2 Å². The molecule has 7 nitrogen and oxygen atoms in total. The Labute approximate surface area is 194 Å². The number of amides is 1. The molecule has 1 amide bonds. The van der Waals surface area contributed by atoms with E-state index in [1.807, 2.05) is 55.4 Å². The number of hydrogen-bond donors (Lipinski definition) is 3. The summed E-state index contributed by atoms with van der Waals surface area (Å²) < 4.78 is 11.8. The molecule has 1 atom stereocenters. The molecule has 0 spiro atoms. The van der Waals surface area contributed by atoms with Crippen molar-refractivity contribution in [1.29, 1.82) is 0 Å². The Bertz CT molecular complexity index is 525. The molecular formula is C23H47N3O4S. The van der Waals surface area contributed by atoms with Crippen molar-refractivity contribution in [2.24, 2.45) is 11.7 Å². The molecule has 0 saturated heterocycles. The van der Waals surface area contributed by atoms with Gasteiger partial charge in [-0.1, -0.05) is 27.7 Å². The number of rotatable bonds is 18. The van der Waals surface area contributed by atoms with Gasteiger partial charge < -0.3 is 25.8 Å². The number of carbonyl (C=O) groups is 2. The summed E-state index contributed by atoms with van der Waals surface area (Å²) in [5.41, 5.74) is 5.06. The second-order valence-electron chi connectivity index (χ2n) is 9.80. The zero-order chi connectivity index (χ0) is 24.1. The van der Waals surface area contributed by atoms with Crippen LogP contribution in [0.5, 0.6) is 0 Å². The lowest BCUT2D eigenvalue weighted by atomic mass is 10.0. The van der Waals surface area contributed by atoms with Crippen LogP contribution in [0, 0.1) is 5.92 Å². The number of hydrogen-bond acceptors (Lipinski definition) is 7. The lowest BCUT2D eigenvalue weighted by Gasteiger charge is -2.29. The van der Waals surface area contributed by atoms with Gasteiger partial charge in [-0.2, -0.15) is 0 Å². The smallest absolute Gasteiger partial charge is 0.230 e. The third kappa shape index (κ3) is 15.7. The molecular weight excluding hydrogens is 414 g/mol. The number of ketones is 1. The predicted molar refractivity (Wildman–Crippen MR) is 131 cm³/mol. The summed E-state index contributed by atoms with van der Waals surface area (Å²) in [7, 11) is 0. The van der Waals surface area contributed by atoms with E-state index in [1.54, 1.807) is 0 Å². The highest BCUT2D eigenvalue weighted by molar-refractivity contribution is 8.00. The molecule has 0 heterocycles. The van der Waals surface area contributed by atoms with Crippen LogP contribution >= 0.6 is 11.8 Å². The van der Waals surface area contributed by atoms with Crippen molar-refractivity contribution in [1.82, 2.24) is 10.6 Å². The molecule has 8 heteroatoms. The molecule has 0 aromatic rings. The van der Waals surface area contributed by atoms with E-state index in [2.05, 4.69) is 10.6 Å². The Morgan fingerprint density at radius 1 is 0.968 bits per heavy atom. The first kappa shape index (κ1) is 30.3. The first-order chi connectivity index (χ1) is 14.3. The zero-order valence-electron chi connectivity index (χ0n) is 21.0. The van der Waals surface area contributed by atoms with Crippen LogP contribution in [0.15, 0.2) is 0 Å². The molecule has 0 saturated carbocycles. The average molecular weight is 462 g/mol. The van der Waals surface area contributed by atoms with Crippen molar-refractivity contribution in [2.45, 2.75) is 91.5 Å². The Kier molecular flexibility index (Phi) is 14.9. The van der Waals surface area contributed by atoms with Crippen molar-refractivity contribution in [2.75, 3.05) is 37.8 Å². The normalized spacial score (nSPS) is 13.6. The fourth-order valence-corrected chi connectivity index (χ4v) is 3.82. The molecule has 0 rings (SSSR count). The van der Waals surface area contributed by atoms with Crippen LogP contribution in [-0.2, 0) is 19.1 Å². The fraction of sp³-hybridized carbons (Fsp3) is 0.913.